The fraction of sp³-hybridized carbons (Fsp3) is 0.440. The molecule has 1 spiro atoms. The van der Waals surface area contributed by atoms with Crippen molar-refractivity contribution in [1.29, 1.82) is 0 Å². The monoisotopic (exact) mass is 531 g/mol. The highest BCUT2D eigenvalue weighted by atomic mass is 35.5. The molecule has 0 unspecified atom stereocenters. The first-order chi connectivity index (χ1) is 17.6. The molecule has 37 heavy (non-hydrogen) atoms. The number of nitrogens with one attached hydrogen (secondary N) is 1. The van der Waals surface area contributed by atoms with Gasteiger partial charge in [-0.1, -0.05) is 11.6 Å². The second kappa shape index (κ2) is 8.34. The number of halogens is 4. The largest absolute Gasteiger partial charge is 0.419 e. The standard InChI is InChI=1S/C25H25ClF3N7O/c26-18-13-31-7-2-16(18)24(3-1-4-24)33-22(37)35-8-5-23(14-35)6-9-36-20(23)11-19(34-36)15-10-17(25(27,28)29)21(30)32-12-15/h2,7,10-13H,1,3-6,8-9,14H2,(H2,30,32)(H,33,37)/t23-/m1/s1. The number of amides is 2. The summed E-state index contributed by atoms with van der Waals surface area (Å²) in [7, 11) is 0. The Morgan fingerprint density at radius 2 is 1.92 bits per heavy atom. The Bertz CT molecular complexity index is 1390. The zero-order valence-corrected chi connectivity index (χ0v) is 20.6. The van der Waals surface area contributed by atoms with Crippen LogP contribution in [0, 0.1) is 0 Å². The summed E-state index contributed by atoms with van der Waals surface area (Å²) < 4.78 is 41.9. The Morgan fingerprint density at radius 1 is 1.14 bits per heavy atom. The van der Waals surface area contributed by atoms with Crippen molar-refractivity contribution in [2.45, 2.75) is 55.8 Å². The van der Waals surface area contributed by atoms with Crippen LogP contribution in [0.2, 0.25) is 5.02 Å². The van der Waals surface area contributed by atoms with Crippen LogP contribution >= 0.6 is 11.6 Å². The van der Waals surface area contributed by atoms with Gasteiger partial charge in [-0.25, -0.2) is 9.78 Å². The third-order valence-corrected chi connectivity index (χ3v) is 8.43. The molecule has 2 aliphatic heterocycles. The molecule has 0 bridgehead atoms. The minimum atomic E-state index is -4.60. The van der Waals surface area contributed by atoms with Crippen LogP contribution in [0.4, 0.5) is 23.8 Å². The molecule has 3 aromatic heterocycles. The topological polar surface area (TPSA) is 102 Å². The number of carbonyl (C=O) groups excluding carboxylic acids is 1. The lowest BCUT2D eigenvalue weighted by atomic mass is 9.72. The number of nitrogens with two attached hydrogens (primary N) is 1. The van der Waals surface area contributed by atoms with Crippen LogP contribution in [0.5, 0.6) is 0 Å². The second-order valence-electron chi connectivity index (χ2n) is 10.2. The lowest BCUT2D eigenvalue weighted by Gasteiger charge is -2.44. The van der Waals surface area contributed by atoms with Gasteiger partial charge in [0.05, 0.1) is 21.8 Å². The molecule has 2 fully saturated rings. The Morgan fingerprint density at radius 3 is 2.62 bits per heavy atom. The van der Waals surface area contributed by atoms with Gasteiger partial charge in [0.15, 0.2) is 0 Å². The van der Waals surface area contributed by atoms with Crippen molar-refractivity contribution in [1.82, 2.24) is 30.0 Å². The molecule has 0 radical (unpaired) electrons. The average Bonchev–Trinajstić information content (AvgIpc) is 3.53. The number of anilines is 1. The van der Waals surface area contributed by atoms with Crippen LogP contribution < -0.4 is 11.1 Å². The first-order valence-corrected chi connectivity index (χ1v) is 12.6. The molecular weight excluding hydrogens is 507 g/mol. The number of rotatable bonds is 3. The number of pyridine rings is 2. The molecule has 1 saturated carbocycles. The molecule has 5 heterocycles. The van der Waals surface area contributed by atoms with Crippen molar-refractivity contribution in [2.24, 2.45) is 0 Å². The van der Waals surface area contributed by atoms with E-state index in [1.165, 1.54) is 6.20 Å². The van der Waals surface area contributed by atoms with E-state index in [1.807, 2.05) is 21.7 Å². The summed E-state index contributed by atoms with van der Waals surface area (Å²) in [5.74, 6) is -0.561. The molecule has 1 aliphatic carbocycles. The molecule has 3 aliphatic rings. The highest BCUT2D eigenvalue weighted by Gasteiger charge is 2.49. The van der Waals surface area contributed by atoms with Gasteiger partial charge in [-0.2, -0.15) is 18.3 Å². The lowest BCUT2D eigenvalue weighted by Crippen LogP contribution is -2.55. The molecule has 0 aromatic carbocycles. The van der Waals surface area contributed by atoms with E-state index in [2.05, 4.69) is 20.4 Å². The minimum absolute atomic E-state index is 0.139. The van der Waals surface area contributed by atoms with E-state index in [4.69, 9.17) is 17.3 Å². The van der Waals surface area contributed by atoms with Gasteiger partial charge in [0.1, 0.15) is 5.82 Å². The number of hydrogen-bond donors (Lipinski definition) is 2. The van der Waals surface area contributed by atoms with Crippen molar-refractivity contribution in [3.05, 3.63) is 58.6 Å². The van der Waals surface area contributed by atoms with E-state index in [1.54, 1.807) is 12.4 Å². The summed E-state index contributed by atoms with van der Waals surface area (Å²) in [5.41, 5.74) is 6.18. The fourth-order valence-electron chi connectivity index (χ4n) is 5.94. The summed E-state index contributed by atoms with van der Waals surface area (Å²) in [6.45, 7) is 1.72. The van der Waals surface area contributed by atoms with Crippen molar-refractivity contribution in [2.75, 3.05) is 18.8 Å². The summed E-state index contributed by atoms with van der Waals surface area (Å²) in [6.07, 6.45) is 4.18. The maximum absolute atomic E-state index is 13.4. The normalized spacial score (nSPS) is 22.2. The van der Waals surface area contributed by atoms with E-state index in [0.717, 1.165) is 49.4 Å². The zero-order valence-electron chi connectivity index (χ0n) is 19.9. The van der Waals surface area contributed by atoms with Crippen molar-refractivity contribution < 1.29 is 18.0 Å². The van der Waals surface area contributed by atoms with Crippen LogP contribution in [0.15, 0.2) is 36.8 Å². The third kappa shape index (κ3) is 3.91. The van der Waals surface area contributed by atoms with Crippen LogP contribution in [0.25, 0.3) is 11.3 Å². The highest BCUT2D eigenvalue weighted by Crippen LogP contribution is 2.46. The zero-order chi connectivity index (χ0) is 26.0. The summed E-state index contributed by atoms with van der Waals surface area (Å²) in [4.78, 5) is 23.0. The van der Waals surface area contributed by atoms with Crippen molar-refractivity contribution in [3.63, 3.8) is 0 Å². The lowest BCUT2D eigenvalue weighted by molar-refractivity contribution is -0.137. The van der Waals surface area contributed by atoms with E-state index in [0.29, 0.717) is 30.4 Å². The summed E-state index contributed by atoms with van der Waals surface area (Å²) in [6, 6.07) is 4.54. The summed E-state index contributed by atoms with van der Waals surface area (Å²) >= 11 is 6.40. The Hall–Kier alpha value is -3.34. The van der Waals surface area contributed by atoms with Gasteiger partial charge in [-0.3, -0.25) is 9.67 Å². The number of aromatic nitrogens is 4. The van der Waals surface area contributed by atoms with Crippen LogP contribution in [0.1, 0.15) is 48.9 Å². The molecule has 6 rings (SSSR count). The van der Waals surface area contributed by atoms with Crippen LogP contribution in [0.3, 0.4) is 0 Å². The highest BCUT2D eigenvalue weighted by molar-refractivity contribution is 6.31. The summed E-state index contributed by atoms with van der Waals surface area (Å²) in [5, 5.41) is 8.34. The minimum Gasteiger partial charge on any atom is -0.383 e. The number of fused-ring (bicyclic) bond motifs is 2. The number of carbonyl (C=O) groups is 1. The number of alkyl halides is 3. The first kappa shape index (κ1) is 24.0. The molecule has 1 atom stereocenters. The Balaban J connectivity index is 1.22. The molecule has 12 heteroatoms. The average molecular weight is 532 g/mol. The van der Waals surface area contributed by atoms with E-state index in [-0.39, 0.29) is 17.0 Å². The molecular formula is C25H25ClF3N7O. The van der Waals surface area contributed by atoms with Gasteiger partial charge in [0, 0.05) is 54.9 Å². The number of likely N-dealkylation sites (tertiary alicyclic amines) is 1. The van der Waals surface area contributed by atoms with Crippen LogP contribution in [-0.4, -0.2) is 43.8 Å². The molecule has 8 nitrogen and oxygen atoms in total. The number of hydrogen-bond acceptors (Lipinski definition) is 5. The van der Waals surface area contributed by atoms with Gasteiger partial charge < -0.3 is 16.0 Å². The quantitative estimate of drug-likeness (QED) is 0.509. The van der Waals surface area contributed by atoms with Gasteiger partial charge in [-0.15, -0.1) is 0 Å². The molecule has 2 amide bonds. The third-order valence-electron chi connectivity index (χ3n) is 8.13. The Kier molecular flexibility index (Phi) is 5.41. The van der Waals surface area contributed by atoms with E-state index >= 15 is 0 Å². The Labute approximate surface area is 216 Å². The second-order valence-corrected chi connectivity index (χ2v) is 10.6. The van der Waals surface area contributed by atoms with Crippen LogP contribution in [-0.2, 0) is 23.7 Å². The SMILES string of the molecule is Nc1ncc(-c2cc3n(n2)CC[C@@]32CCN(C(=O)NC3(c4ccncc4Cl)CCC3)C2)cc1C(F)(F)F. The predicted octanol–water partition coefficient (Wildman–Crippen LogP) is 4.73. The van der Waals surface area contributed by atoms with Crippen molar-refractivity contribution in [3.8, 4) is 11.3 Å². The van der Waals surface area contributed by atoms with Crippen molar-refractivity contribution >= 4 is 23.4 Å². The van der Waals surface area contributed by atoms with Gasteiger partial charge in [0.25, 0.3) is 0 Å². The van der Waals surface area contributed by atoms with Gasteiger partial charge >= 0.3 is 12.2 Å². The number of aryl methyl sites for hydroxylation is 1. The molecule has 1 saturated heterocycles. The van der Waals surface area contributed by atoms with Gasteiger partial charge in [-0.05, 0) is 55.9 Å². The number of nitrogen functional groups attached to an aromatic ring is 1. The predicted molar refractivity (Wildman–Crippen MR) is 131 cm³/mol. The number of nitrogens with zero attached hydrogens (tertiary/aromatic N) is 5. The smallest absolute Gasteiger partial charge is 0.383 e. The molecule has 3 aromatic rings. The molecule has 3 N–H and O–H groups in total. The maximum Gasteiger partial charge on any atom is 0.419 e. The first-order valence-electron chi connectivity index (χ1n) is 12.2. The maximum atomic E-state index is 13.4. The van der Waals surface area contributed by atoms with E-state index < -0.39 is 23.1 Å². The fourth-order valence-corrected chi connectivity index (χ4v) is 6.24. The number of urea groups is 1. The molecule has 194 valence electrons. The van der Waals surface area contributed by atoms with E-state index in [9.17, 15) is 18.0 Å². The van der Waals surface area contributed by atoms with Gasteiger partial charge in [0.2, 0.25) is 0 Å².